The second-order valence-corrected chi connectivity index (χ2v) is 7.75. The number of hydrogen-bond donors (Lipinski definition) is 2. The first-order chi connectivity index (χ1) is 14.5. The number of hydrazine groups is 1. The molecule has 0 unspecified atom stereocenters. The van der Waals surface area contributed by atoms with Gasteiger partial charge >= 0.3 is 18.2 Å². The molecule has 0 aliphatic rings. The predicted molar refractivity (Wildman–Crippen MR) is 113 cm³/mol. The van der Waals surface area contributed by atoms with Crippen LogP contribution in [0.1, 0.15) is 32.8 Å². The molecular formula is C20H30N6O5. The molecule has 0 saturated carbocycles. The summed E-state index contributed by atoms with van der Waals surface area (Å²) in [6.07, 6.45) is -0.386. The van der Waals surface area contributed by atoms with E-state index < -0.39 is 23.8 Å². The van der Waals surface area contributed by atoms with E-state index in [1.165, 1.54) is 4.90 Å². The summed E-state index contributed by atoms with van der Waals surface area (Å²) in [6.45, 7) is 5.12. The highest BCUT2D eigenvalue weighted by molar-refractivity contribution is 5.82. The van der Waals surface area contributed by atoms with Crippen LogP contribution < -0.4 is 10.7 Å². The van der Waals surface area contributed by atoms with E-state index in [1.54, 1.807) is 34.9 Å². The molecule has 0 aliphatic carbocycles. The number of carbonyl (C=O) groups excluding carboxylic acids is 4. The normalized spacial score (nSPS) is 11.0. The number of benzene rings is 1. The Hall–Kier alpha value is -3.50. The van der Waals surface area contributed by atoms with Crippen LogP contribution in [-0.4, -0.2) is 66.8 Å². The zero-order valence-corrected chi connectivity index (χ0v) is 18.5. The minimum atomic E-state index is -1.02. The Kier molecular flexibility index (Phi) is 10.1. The highest BCUT2D eigenvalue weighted by atomic mass is 16.6. The average molecular weight is 434 g/mol. The summed E-state index contributed by atoms with van der Waals surface area (Å²) in [5.41, 5.74) is 2.47. The molecule has 0 aliphatic heterocycles. The lowest BCUT2D eigenvalue weighted by Crippen LogP contribution is -2.48. The van der Waals surface area contributed by atoms with Gasteiger partial charge in [0.15, 0.2) is 0 Å². The van der Waals surface area contributed by atoms with Crippen LogP contribution in [0.15, 0.2) is 40.6 Å². The lowest BCUT2D eigenvalue weighted by molar-refractivity contribution is -0.129. The molecule has 0 atom stereocenters. The molecule has 1 aromatic rings. The van der Waals surface area contributed by atoms with Gasteiger partial charge in [-0.15, -0.1) is 0 Å². The third kappa shape index (κ3) is 11.3. The maximum Gasteiger partial charge on any atom is 0.426 e. The van der Waals surface area contributed by atoms with Crippen LogP contribution in [-0.2, 0) is 16.0 Å². The summed E-state index contributed by atoms with van der Waals surface area (Å²) in [5.74, 6) is -0.264. The van der Waals surface area contributed by atoms with E-state index in [0.717, 1.165) is 10.6 Å². The number of hydrogen-bond acceptors (Lipinski definition) is 5. The maximum absolute atomic E-state index is 12.3. The maximum atomic E-state index is 12.3. The first-order valence-electron chi connectivity index (χ1n) is 9.72. The Bertz CT molecular complexity index is 789. The van der Waals surface area contributed by atoms with E-state index in [2.05, 4.69) is 21.0 Å². The van der Waals surface area contributed by atoms with Crippen LogP contribution >= 0.6 is 0 Å². The fourth-order valence-electron chi connectivity index (χ4n) is 2.18. The van der Waals surface area contributed by atoms with Crippen LogP contribution in [0.2, 0.25) is 0 Å². The predicted octanol–water partition coefficient (Wildman–Crippen LogP) is 2.73. The van der Waals surface area contributed by atoms with Gasteiger partial charge < -0.3 is 15.0 Å². The fraction of sp³-hybridized carbons (Fsp3) is 0.500. The standard InChI is InChI=1S/C20H30N6O5/c1-20(2,3)31-19(30)24-26(14-12-16(27)25(4)5)18(29)23-22-17(28)21-13-11-15-9-7-6-8-10-15/h6-10H,11-14H2,1-5H3,(H,21,28)(H,24,30)/b23-22+. The van der Waals surface area contributed by atoms with Crippen molar-refractivity contribution < 1.29 is 23.9 Å². The average Bonchev–Trinajstić information content (AvgIpc) is 2.68. The van der Waals surface area contributed by atoms with Gasteiger partial charge in [0.1, 0.15) is 5.60 Å². The second kappa shape index (κ2) is 12.3. The van der Waals surface area contributed by atoms with Crippen molar-refractivity contribution in [2.24, 2.45) is 10.2 Å². The first-order valence-corrected chi connectivity index (χ1v) is 9.72. The van der Waals surface area contributed by atoms with Crippen molar-refractivity contribution in [2.45, 2.75) is 39.2 Å². The number of ether oxygens (including phenoxy) is 1. The summed E-state index contributed by atoms with van der Waals surface area (Å²) in [5, 5.41) is 9.94. The van der Waals surface area contributed by atoms with Gasteiger partial charge in [-0.3, -0.25) is 4.79 Å². The number of amides is 6. The van der Waals surface area contributed by atoms with E-state index in [4.69, 9.17) is 4.74 Å². The Morgan fingerprint density at radius 1 is 1.03 bits per heavy atom. The van der Waals surface area contributed by atoms with E-state index >= 15 is 0 Å². The number of nitrogens with zero attached hydrogens (tertiary/aromatic N) is 4. The van der Waals surface area contributed by atoms with Crippen molar-refractivity contribution in [3.05, 3.63) is 35.9 Å². The summed E-state index contributed by atoms with van der Waals surface area (Å²) in [7, 11) is 3.13. The van der Waals surface area contributed by atoms with E-state index in [1.807, 2.05) is 30.3 Å². The van der Waals surface area contributed by atoms with Gasteiger partial charge in [0.2, 0.25) is 5.91 Å². The van der Waals surface area contributed by atoms with Gasteiger partial charge in [0.05, 0.1) is 6.54 Å². The molecule has 1 rings (SSSR count). The quantitative estimate of drug-likeness (QED) is 0.525. The van der Waals surface area contributed by atoms with Gasteiger partial charge in [-0.1, -0.05) is 40.6 Å². The van der Waals surface area contributed by atoms with E-state index in [0.29, 0.717) is 13.0 Å². The van der Waals surface area contributed by atoms with Crippen LogP contribution in [0.3, 0.4) is 0 Å². The molecule has 0 heterocycles. The van der Waals surface area contributed by atoms with Crippen molar-refractivity contribution in [1.82, 2.24) is 20.7 Å². The van der Waals surface area contributed by atoms with Gasteiger partial charge in [0, 0.05) is 27.1 Å². The number of urea groups is 2. The zero-order valence-electron chi connectivity index (χ0n) is 18.5. The molecule has 0 fully saturated rings. The van der Waals surface area contributed by atoms with Gasteiger partial charge in [-0.2, -0.15) is 0 Å². The first kappa shape index (κ1) is 25.5. The minimum absolute atomic E-state index is 0.0761. The second-order valence-electron chi connectivity index (χ2n) is 7.75. The lowest BCUT2D eigenvalue weighted by atomic mass is 10.1. The third-order valence-electron chi connectivity index (χ3n) is 3.66. The van der Waals surface area contributed by atoms with Crippen LogP contribution in [0.25, 0.3) is 0 Å². The third-order valence-corrected chi connectivity index (χ3v) is 3.66. The monoisotopic (exact) mass is 434 g/mol. The lowest BCUT2D eigenvalue weighted by Gasteiger charge is -2.24. The van der Waals surface area contributed by atoms with Crippen molar-refractivity contribution >= 4 is 24.1 Å². The smallest absolute Gasteiger partial charge is 0.426 e. The van der Waals surface area contributed by atoms with Crippen molar-refractivity contribution in [3.63, 3.8) is 0 Å². The zero-order chi connectivity index (χ0) is 23.4. The Balaban J connectivity index is 2.65. The number of carbonyl (C=O) groups is 4. The van der Waals surface area contributed by atoms with Crippen LogP contribution in [0, 0.1) is 0 Å². The van der Waals surface area contributed by atoms with Gasteiger partial charge in [-0.25, -0.2) is 24.8 Å². The molecule has 2 N–H and O–H groups in total. The topological polar surface area (TPSA) is 133 Å². The number of rotatable bonds is 6. The summed E-state index contributed by atoms with van der Waals surface area (Å²) in [6, 6.07) is 7.71. The van der Waals surface area contributed by atoms with Crippen molar-refractivity contribution in [1.29, 1.82) is 0 Å². The molecule has 6 amide bonds. The molecule has 11 nitrogen and oxygen atoms in total. The van der Waals surface area contributed by atoms with E-state index in [-0.39, 0.29) is 18.9 Å². The Morgan fingerprint density at radius 3 is 2.26 bits per heavy atom. The largest absolute Gasteiger partial charge is 0.443 e. The van der Waals surface area contributed by atoms with Gasteiger partial charge in [-0.05, 0) is 32.8 Å². The van der Waals surface area contributed by atoms with Crippen LogP contribution in [0.4, 0.5) is 14.4 Å². The minimum Gasteiger partial charge on any atom is -0.443 e. The number of nitrogens with one attached hydrogen (secondary N) is 2. The Morgan fingerprint density at radius 2 is 1.68 bits per heavy atom. The SMILES string of the molecule is CN(C)C(=O)CCN(NC(=O)OC(C)(C)C)C(=O)/N=N/C(=O)NCCc1ccccc1. The fourth-order valence-corrected chi connectivity index (χ4v) is 2.18. The highest BCUT2D eigenvalue weighted by Gasteiger charge is 2.22. The van der Waals surface area contributed by atoms with Crippen LogP contribution in [0.5, 0.6) is 0 Å². The van der Waals surface area contributed by atoms with Crippen molar-refractivity contribution in [3.8, 4) is 0 Å². The molecule has 0 bridgehead atoms. The molecule has 0 saturated heterocycles. The molecule has 1 aromatic carbocycles. The summed E-state index contributed by atoms with van der Waals surface area (Å²) < 4.78 is 5.10. The summed E-state index contributed by atoms with van der Waals surface area (Å²) in [4.78, 5) is 49.3. The molecule has 31 heavy (non-hydrogen) atoms. The summed E-state index contributed by atoms with van der Waals surface area (Å²) >= 11 is 0. The Labute approximate surface area is 181 Å². The molecule has 170 valence electrons. The molecule has 0 radical (unpaired) electrons. The van der Waals surface area contributed by atoms with Crippen molar-refractivity contribution in [2.75, 3.05) is 27.2 Å². The van der Waals surface area contributed by atoms with Gasteiger partial charge in [0.25, 0.3) is 0 Å². The highest BCUT2D eigenvalue weighted by Crippen LogP contribution is 2.07. The van der Waals surface area contributed by atoms with E-state index in [9.17, 15) is 19.2 Å². The molecule has 0 spiro atoms. The molecule has 11 heteroatoms. The number of azo groups is 1. The molecular weight excluding hydrogens is 404 g/mol. The molecule has 0 aromatic heterocycles.